The van der Waals surface area contributed by atoms with E-state index in [2.05, 4.69) is 5.32 Å². The van der Waals surface area contributed by atoms with Crippen molar-refractivity contribution in [3.05, 3.63) is 0 Å². The van der Waals surface area contributed by atoms with Gasteiger partial charge in [-0.25, -0.2) is 0 Å². The maximum atomic E-state index is 11.6. The predicted molar refractivity (Wildman–Crippen MR) is 58.8 cm³/mol. The molecule has 0 aromatic heterocycles. The van der Waals surface area contributed by atoms with Gasteiger partial charge >= 0.3 is 0 Å². The summed E-state index contributed by atoms with van der Waals surface area (Å²) in [6, 6.07) is 0.107. The summed E-state index contributed by atoms with van der Waals surface area (Å²) >= 11 is 5.52. The Labute approximate surface area is 95.0 Å². The summed E-state index contributed by atoms with van der Waals surface area (Å²) in [5.41, 5.74) is 0. The summed E-state index contributed by atoms with van der Waals surface area (Å²) in [4.78, 5) is 24.2. The molecular formula is C10H17ClN2O2. The van der Waals surface area contributed by atoms with Crippen LogP contribution in [0.25, 0.3) is 0 Å². The van der Waals surface area contributed by atoms with Gasteiger partial charge in [0, 0.05) is 38.4 Å². The lowest BCUT2D eigenvalue weighted by Crippen LogP contribution is -2.49. The number of piperidine rings is 1. The monoisotopic (exact) mass is 232 g/mol. The normalized spacial score (nSPS) is 21.2. The number of likely N-dealkylation sites (tertiary alicyclic amines) is 1. The summed E-state index contributed by atoms with van der Waals surface area (Å²) in [6.45, 7) is 2.90. The molecule has 1 heterocycles. The first-order valence-corrected chi connectivity index (χ1v) is 5.77. The van der Waals surface area contributed by atoms with Gasteiger partial charge in [0.05, 0.1) is 0 Å². The highest BCUT2D eigenvalue weighted by Gasteiger charge is 2.23. The van der Waals surface area contributed by atoms with Crippen LogP contribution in [0.5, 0.6) is 0 Å². The highest BCUT2D eigenvalue weighted by atomic mass is 35.5. The molecule has 15 heavy (non-hydrogen) atoms. The van der Waals surface area contributed by atoms with Crippen LogP contribution in [0.3, 0.4) is 0 Å². The zero-order chi connectivity index (χ0) is 11.3. The van der Waals surface area contributed by atoms with Crippen LogP contribution in [0.15, 0.2) is 0 Å². The van der Waals surface area contributed by atoms with Gasteiger partial charge in [-0.05, 0) is 12.8 Å². The van der Waals surface area contributed by atoms with E-state index in [4.69, 9.17) is 11.6 Å². The van der Waals surface area contributed by atoms with Gasteiger partial charge in [0.1, 0.15) is 0 Å². The second kappa shape index (κ2) is 5.95. The topological polar surface area (TPSA) is 49.4 Å². The molecule has 0 aromatic rings. The molecule has 4 nitrogen and oxygen atoms in total. The molecule has 2 amide bonds. The molecule has 0 bridgehead atoms. The average molecular weight is 233 g/mol. The van der Waals surface area contributed by atoms with Crippen molar-refractivity contribution in [3.8, 4) is 0 Å². The highest BCUT2D eigenvalue weighted by molar-refractivity contribution is 6.18. The van der Waals surface area contributed by atoms with Crippen molar-refractivity contribution < 1.29 is 9.59 Å². The van der Waals surface area contributed by atoms with Crippen LogP contribution in [-0.2, 0) is 9.59 Å². The molecule has 0 radical (unpaired) electrons. The summed E-state index contributed by atoms with van der Waals surface area (Å²) < 4.78 is 0. The maximum Gasteiger partial charge on any atom is 0.223 e. The molecule has 1 aliphatic rings. The van der Waals surface area contributed by atoms with Crippen LogP contribution in [0, 0.1) is 0 Å². The van der Waals surface area contributed by atoms with Gasteiger partial charge in [-0.2, -0.15) is 0 Å². The number of rotatable bonds is 3. The van der Waals surface area contributed by atoms with Gasteiger partial charge in [0.15, 0.2) is 0 Å². The Balaban J connectivity index is 2.41. The molecule has 1 aliphatic heterocycles. The molecular weight excluding hydrogens is 216 g/mol. The van der Waals surface area contributed by atoms with Crippen molar-refractivity contribution in [3.63, 3.8) is 0 Å². The zero-order valence-electron chi connectivity index (χ0n) is 8.96. The second-order valence-corrected chi connectivity index (χ2v) is 4.20. The van der Waals surface area contributed by atoms with Crippen molar-refractivity contribution in [2.24, 2.45) is 0 Å². The number of halogens is 1. The van der Waals surface area contributed by atoms with E-state index in [1.54, 1.807) is 4.90 Å². The third-order valence-corrected chi connectivity index (χ3v) is 2.68. The minimum absolute atomic E-state index is 0.0355. The van der Waals surface area contributed by atoms with Crippen molar-refractivity contribution in [2.45, 2.75) is 32.2 Å². The molecule has 1 saturated heterocycles. The Kier molecular flexibility index (Phi) is 4.88. The molecule has 5 heteroatoms. The smallest absolute Gasteiger partial charge is 0.223 e. The Hall–Kier alpha value is -0.770. The number of amides is 2. The van der Waals surface area contributed by atoms with Gasteiger partial charge in [-0.3, -0.25) is 9.59 Å². The minimum atomic E-state index is -0.0355. The lowest BCUT2D eigenvalue weighted by Gasteiger charge is -2.32. The molecule has 0 saturated carbocycles. The lowest BCUT2D eigenvalue weighted by molar-refractivity contribution is -0.133. The number of nitrogens with one attached hydrogen (secondary N) is 1. The molecule has 86 valence electrons. The summed E-state index contributed by atoms with van der Waals surface area (Å²) in [6.07, 6.45) is 2.28. The van der Waals surface area contributed by atoms with Gasteiger partial charge in [0.2, 0.25) is 11.8 Å². The first-order chi connectivity index (χ1) is 7.13. The Morgan fingerprint density at radius 3 is 2.87 bits per heavy atom. The minimum Gasteiger partial charge on any atom is -0.352 e. The van der Waals surface area contributed by atoms with E-state index in [1.807, 2.05) is 0 Å². The number of hydrogen-bond donors (Lipinski definition) is 1. The van der Waals surface area contributed by atoms with Crippen molar-refractivity contribution in [1.29, 1.82) is 0 Å². The largest absolute Gasteiger partial charge is 0.352 e. The highest BCUT2D eigenvalue weighted by Crippen LogP contribution is 2.11. The number of nitrogens with zero attached hydrogens (tertiary/aromatic N) is 1. The van der Waals surface area contributed by atoms with Gasteiger partial charge < -0.3 is 10.2 Å². The first kappa shape index (κ1) is 12.3. The van der Waals surface area contributed by atoms with E-state index < -0.39 is 0 Å². The number of alkyl halides is 1. The van der Waals surface area contributed by atoms with Gasteiger partial charge in [0.25, 0.3) is 0 Å². The second-order valence-electron chi connectivity index (χ2n) is 3.82. The van der Waals surface area contributed by atoms with Crippen LogP contribution in [0.4, 0.5) is 0 Å². The fourth-order valence-corrected chi connectivity index (χ4v) is 2.01. The molecule has 1 N–H and O–H groups in total. The van der Waals surface area contributed by atoms with E-state index >= 15 is 0 Å². The molecule has 0 spiro atoms. The Morgan fingerprint density at radius 1 is 1.53 bits per heavy atom. The molecule has 0 aromatic carbocycles. The van der Waals surface area contributed by atoms with Crippen molar-refractivity contribution >= 4 is 23.4 Å². The number of carbonyl (C=O) groups is 2. The molecule has 0 aliphatic carbocycles. The van der Waals surface area contributed by atoms with Gasteiger partial charge in [-0.1, -0.05) is 0 Å². The van der Waals surface area contributed by atoms with E-state index in [-0.39, 0.29) is 17.9 Å². The van der Waals surface area contributed by atoms with Crippen molar-refractivity contribution in [2.75, 3.05) is 19.0 Å². The van der Waals surface area contributed by atoms with Crippen LogP contribution >= 0.6 is 11.6 Å². The number of hydrogen-bond acceptors (Lipinski definition) is 2. The Bertz CT molecular complexity index is 246. The first-order valence-electron chi connectivity index (χ1n) is 5.24. The number of carbonyl (C=O) groups excluding carboxylic acids is 2. The Morgan fingerprint density at radius 2 is 2.27 bits per heavy atom. The van der Waals surface area contributed by atoms with E-state index in [0.717, 1.165) is 19.4 Å². The van der Waals surface area contributed by atoms with Gasteiger partial charge in [-0.15, -0.1) is 11.6 Å². The third kappa shape index (κ3) is 4.08. The predicted octanol–water partition coefficient (Wildman–Crippen LogP) is 0.742. The quantitative estimate of drug-likeness (QED) is 0.730. The van der Waals surface area contributed by atoms with Crippen LogP contribution in [0.1, 0.15) is 26.2 Å². The zero-order valence-corrected chi connectivity index (χ0v) is 9.72. The molecule has 1 unspecified atom stereocenters. The van der Waals surface area contributed by atoms with E-state index in [9.17, 15) is 9.59 Å². The molecule has 1 atom stereocenters. The fraction of sp³-hybridized carbons (Fsp3) is 0.800. The SMILES string of the molecule is CC(=O)NC1CCCN(C(=O)CCCl)C1. The summed E-state index contributed by atoms with van der Waals surface area (Å²) in [7, 11) is 0. The van der Waals surface area contributed by atoms with Crippen LogP contribution < -0.4 is 5.32 Å². The molecule has 1 rings (SSSR count). The lowest BCUT2D eigenvalue weighted by atomic mass is 10.1. The molecule has 1 fully saturated rings. The van der Waals surface area contributed by atoms with E-state index in [0.29, 0.717) is 18.8 Å². The maximum absolute atomic E-state index is 11.6. The summed E-state index contributed by atoms with van der Waals surface area (Å²) in [5, 5.41) is 2.84. The van der Waals surface area contributed by atoms with Crippen LogP contribution in [-0.4, -0.2) is 41.7 Å². The fourth-order valence-electron chi connectivity index (χ4n) is 1.85. The summed E-state index contributed by atoms with van der Waals surface area (Å²) in [5.74, 6) is 0.409. The van der Waals surface area contributed by atoms with E-state index in [1.165, 1.54) is 6.92 Å². The van der Waals surface area contributed by atoms with Crippen molar-refractivity contribution in [1.82, 2.24) is 10.2 Å². The third-order valence-electron chi connectivity index (χ3n) is 2.49. The average Bonchev–Trinajstić information content (AvgIpc) is 2.17. The van der Waals surface area contributed by atoms with Crippen LogP contribution in [0.2, 0.25) is 0 Å². The standard InChI is InChI=1S/C10H17ClN2O2/c1-8(14)12-9-3-2-6-13(7-9)10(15)4-5-11/h9H,2-7H2,1H3,(H,12,14).